The highest BCUT2D eigenvalue weighted by Crippen LogP contribution is 2.31. The highest BCUT2D eigenvalue weighted by Gasteiger charge is 2.04. The first-order valence-corrected chi connectivity index (χ1v) is 4.02. The number of rotatable bonds is 2. The quantitative estimate of drug-likeness (QED) is 0.554. The fourth-order valence-electron chi connectivity index (χ4n) is 0.933. The van der Waals surface area contributed by atoms with E-state index in [9.17, 15) is 9.59 Å². The van der Waals surface area contributed by atoms with Crippen molar-refractivity contribution < 1.29 is 9.59 Å². The van der Waals surface area contributed by atoms with Crippen LogP contribution in [0.2, 0.25) is 5.02 Å². The molecule has 1 aromatic carbocycles. The molecule has 0 saturated carbocycles. The molecule has 5 heteroatoms. The monoisotopic (exact) mass is 208 g/mol. The number of isocyanates is 2. The van der Waals surface area contributed by atoms with Gasteiger partial charge in [0.15, 0.2) is 0 Å². The van der Waals surface area contributed by atoms with Gasteiger partial charge in [-0.1, -0.05) is 11.6 Å². The number of carbonyl (C=O) groups excluding carboxylic acids is 2. The first kappa shape index (κ1) is 10.4. The molecule has 14 heavy (non-hydrogen) atoms. The molecular weight excluding hydrogens is 204 g/mol. The third-order valence-corrected chi connectivity index (χ3v) is 2.04. The van der Waals surface area contributed by atoms with Crippen molar-refractivity contribution in [2.75, 3.05) is 0 Å². The maximum Gasteiger partial charge on any atom is 0.240 e. The Morgan fingerprint density at radius 3 is 2.43 bits per heavy atom. The van der Waals surface area contributed by atoms with Crippen LogP contribution in [-0.4, -0.2) is 12.2 Å². The fourth-order valence-corrected chi connectivity index (χ4v) is 1.14. The van der Waals surface area contributed by atoms with Gasteiger partial charge in [0.2, 0.25) is 12.2 Å². The van der Waals surface area contributed by atoms with Crippen LogP contribution in [0.1, 0.15) is 5.56 Å². The SMILES string of the molecule is Cc1c(Cl)cc(N=C=O)cc1N=C=O. The predicted molar refractivity (Wildman–Crippen MR) is 51.8 cm³/mol. The van der Waals surface area contributed by atoms with Gasteiger partial charge in [0.1, 0.15) is 0 Å². The van der Waals surface area contributed by atoms with Crippen LogP contribution < -0.4 is 0 Å². The molecule has 0 aliphatic rings. The van der Waals surface area contributed by atoms with E-state index in [1.54, 1.807) is 6.92 Å². The Hall–Kier alpha value is -1.73. The van der Waals surface area contributed by atoms with Crippen LogP contribution in [0.5, 0.6) is 0 Å². The maximum absolute atomic E-state index is 10.1. The molecule has 0 radical (unpaired) electrons. The average Bonchev–Trinajstić information content (AvgIpc) is 2.14. The van der Waals surface area contributed by atoms with E-state index < -0.39 is 0 Å². The van der Waals surface area contributed by atoms with Gasteiger partial charge < -0.3 is 0 Å². The molecule has 0 bridgehead atoms. The van der Waals surface area contributed by atoms with E-state index >= 15 is 0 Å². The number of hydrogen-bond acceptors (Lipinski definition) is 4. The van der Waals surface area contributed by atoms with Crippen molar-refractivity contribution in [3.05, 3.63) is 22.7 Å². The minimum absolute atomic E-state index is 0.310. The molecule has 70 valence electrons. The summed E-state index contributed by atoms with van der Waals surface area (Å²) in [6.45, 7) is 1.70. The second-order valence-electron chi connectivity index (χ2n) is 2.48. The molecule has 0 amide bonds. The molecule has 0 fully saturated rings. The Morgan fingerprint density at radius 2 is 1.86 bits per heavy atom. The van der Waals surface area contributed by atoms with Gasteiger partial charge in [0, 0.05) is 5.02 Å². The molecule has 0 N–H and O–H groups in total. The summed E-state index contributed by atoms with van der Waals surface area (Å²) < 4.78 is 0. The van der Waals surface area contributed by atoms with E-state index in [1.165, 1.54) is 24.3 Å². The van der Waals surface area contributed by atoms with E-state index in [4.69, 9.17) is 11.6 Å². The van der Waals surface area contributed by atoms with E-state index in [0.29, 0.717) is 22.0 Å². The number of benzene rings is 1. The van der Waals surface area contributed by atoms with Gasteiger partial charge in [-0.15, -0.1) is 0 Å². The Bertz CT molecular complexity index is 458. The average molecular weight is 209 g/mol. The molecule has 0 heterocycles. The lowest BCUT2D eigenvalue weighted by molar-refractivity contribution is 0.565. The molecule has 0 saturated heterocycles. The molecule has 1 aromatic rings. The number of aliphatic imine (C=N–C) groups is 2. The van der Waals surface area contributed by atoms with Gasteiger partial charge in [-0.2, -0.15) is 9.98 Å². The minimum atomic E-state index is 0.310. The van der Waals surface area contributed by atoms with E-state index in [0.717, 1.165) is 0 Å². The van der Waals surface area contributed by atoms with E-state index in [-0.39, 0.29) is 0 Å². The Kier molecular flexibility index (Phi) is 3.32. The molecule has 0 atom stereocenters. The van der Waals surface area contributed by atoms with Gasteiger partial charge in [-0.05, 0) is 24.6 Å². The van der Waals surface area contributed by atoms with Crippen molar-refractivity contribution in [2.24, 2.45) is 9.98 Å². The lowest BCUT2D eigenvalue weighted by atomic mass is 10.2. The lowest BCUT2D eigenvalue weighted by Crippen LogP contribution is -1.77. The number of nitrogens with zero attached hydrogens (tertiary/aromatic N) is 2. The Balaban J connectivity index is 3.41. The van der Waals surface area contributed by atoms with Gasteiger partial charge in [0.25, 0.3) is 0 Å². The van der Waals surface area contributed by atoms with Crippen LogP contribution in [0.4, 0.5) is 11.4 Å². The zero-order chi connectivity index (χ0) is 10.6. The summed E-state index contributed by atoms with van der Waals surface area (Å²) in [6.07, 6.45) is 2.77. The van der Waals surface area contributed by atoms with Crippen molar-refractivity contribution in [3.8, 4) is 0 Å². The summed E-state index contributed by atoms with van der Waals surface area (Å²) in [4.78, 5) is 26.9. The lowest BCUT2D eigenvalue weighted by Gasteiger charge is -2.01. The summed E-state index contributed by atoms with van der Waals surface area (Å²) in [5, 5.41) is 0.385. The van der Waals surface area contributed by atoms with Gasteiger partial charge in [-0.25, -0.2) is 9.59 Å². The number of hydrogen-bond donors (Lipinski definition) is 0. The highest BCUT2D eigenvalue weighted by molar-refractivity contribution is 6.32. The second-order valence-corrected chi connectivity index (χ2v) is 2.89. The van der Waals surface area contributed by atoms with Crippen LogP contribution in [0.3, 0.4) is 0 Å². The first-order chi connectivity index (χ1) is 6.69. The standard InChI is InChI=1S/C9H5ClN2O2/c1-6-8(10)2-7(11-4-13)3-9(6)12-5-14/h2-3H,1H3. The van der Waals surface area contributed by atoms with Crippen molar-refractivity contribution in [2.45, 2.75) is 6.92 Å². The second kappa shape index (κ2) is 4.49. The third-order valence-electron chi connectivity index (χ3n) is 1.64. The predicted octanol–water partition coefficient (Wildman–Crippen LogP) is 2.58. The third kappa shape index (κ3) is 2.15. The summed E-state index contributed by atoms with van der Waals surface area (Å²) in [7, 11) is 0. The van der Waals surface area contributed by atoms with E-state index in [2.05, 4.69) is 9.98 Å². The Morgan fingerprint density at radius 1 is 1.21 bits per heavy atom. The van der Waals surface area contributed by atoms with Gasteiger partial charge in [0.05, 0.1) is 11.4 Å². The minimum Gasteiger partial charge on any atom is -0.211 e. The zero-order valence-corrected chi connectivity index (χ0v) is 8.00. The molecule has 0 aliphatic heterocycles. The van der Waals surface area contributed by atoms with Crippen molar-refractivity contribution >= 4 is 35.1 Å². The van der Waals surface area contributed by atoms with E-state index in [1.807, 2.05) is 0 Å². The molecular formula is C9H5ClN2O2. The molecule has 0 aromatic heterocycles. The highest BCUT2D eigenvalue weighted by atomic mass is 35.5. The smallest absolute Gasteiger partial charge is 0.211 e. The molecule has 4 nitrogen and oxygen atoms in total. The molecule has 0 aliphatic carbocycles. The zero-order valence-electron chi connectivity index (χ0n) is 7.24. The summed E-state index contributed by atoms with van der Waals surface area (Å²) in [5.41, 5.74) is 1.30. The largest absolute Gasteiger partial charge is 0.240 e. The summed E-state index contributed by atoms with van der Waals surface area (Å²) >= 11 is 5.81. The fraction of sp³-hybridized carbons (Fsp3) is 0.111. The normalized spacial score (nSPS) is 8.71. The molecule has 0 unspecified atom stereocenters. The van der Waals surface area contributed by atoms with Crippen molar-refractivity contribution in [3.63, 3.8) is 0 Å². The van der Waals surface area contributed by atoms with Crippen LogP contribution in [0, 0.1) is 6.92 Å². The van der Waals surface area contributed by atoms with Crippen molar-refractivity contribution in [1.82, 2.24) is 0 Å². The van der Waals surface area contributed by atoms with Gasteiger partial charge in [-0.3, -0.25) is 0 Å². The van der Waals surface area contributed by atoms with Crippen LogP contribution >= 0.6 is 11.6 Å². The summed E-state index contributed by atoms with van der Waals surface area (Å²) in [5.74, 6) is 0. The Labute approximate surface area is 84.9 Å². The van der Waals surface area contributed by atoms with Crippen LogP contribution in [-0.2, 0) is 9.59 Å². The van der Waals surface area contributed by atoms with Crippen molar-refractivity contribution in [1.29, 1.82) is 0 Å². The van der Waals surface area contributed by atoms with Crippen LogP contribution in [0.15, 0.2) is 22.1 Å². The topological polar surface area (TPSA) is 58.9 Å². The molecule has 0 spiro atoms. The number of halogens is 1. The maximum atomic E-state index is 10.1. The first-order valence-electron chi connectivity index (χ1n) is 3.65. The van der Waals surface area contributed by atoms with Crippen LogP contribution in [0.25, 0.3) is 0 Å². The molecule has 1 rings (SSSR count). The van der Waals surface area contributed by atoms with Gasteiger partial charge >= 0.3 is 0 Å². The summed E-state index contributed by atoms with van der Waals surface area (Å²) in [6, 6.07) is 2.95.